The first-order chi connectivity index (χ1) is 16.0. The Morgan fingerprint density at radius 1 is 1.06 bits per heavy atom. The molecule has 5 rings (SSSR count). The average Bonchev–Trinajstić information content (AvgIpc) is 3.33. The summed E-state index contributed by atoms with van der Waals surface area (Å²) < 4.78 is 19.0. The van der Waals surface area contributed by atoms with Crippen LogP contribution >= 0.6 is 0 Å². The monoisotopic (exact) mass is 437 g/mol. The third-order valence-electron chi connectivity index (χ3n) is 5.62. The van der Waals surface area contributed by atoms with E-state index in [9.17, 15) is 9.18 Å². The van der Waals surface area contributed by atoms with Gasteiger partial charge in [-0.05, 0) is 73.5 Å². The second kappa shape index (κ2) is 8.31. The maximum Gasteiger partial charge on any atom is 0.197 e. The van der Waals surface area contributed by atoms with E-state index in [-0.39, 0.29) is 11.6 Å². The van der Waals surface area contributed by atoms with Crippen molar-refractivity contribution >= 4 is 23.5 Å². The number of aromatic nitrogens is 3. The summed E-state index contributed by atoms with van der Waals surface area (Å²) in [7, 11) is 0. The van der Waals surface area contributed by atoms with Gasteiger partial charge >= 0.3 is 0 Å². The predicted octanol–water partition coefficient (Wildman–Crippen LogP) is 6.18. The van der Waals surface area contributed by atoms with Crippen molar-refractivity contribution in [1.82, 2.24) is 15.1 Å². The largest absolute Gasteiger partial charge is 0.361 e. The van der Waals surface area contributed by atoms with Crippen molar-refractivity contribution in [3.05, 3.63) is 112 Å². The Balaban J connectivity index is 1.79. The molecular weight excluding hydrogens is 417 g/mol. The van der Waals surface area contributed by atoms with Crippen LogP contribution in [0.5, 0.6) is 0 Å². The molecule has 0 aliphatic heterocycles. The smallest absolute Gasteiger partial charge is 0.197 e. The van der Waals surface area contributed by atoms with Crippen LogP contribution in [0.4, 0.5) is 4.39 Å². The van der Waals surface area contributed by atoms with Gasteiger partial charge in [0.25, 0.3) is 0 Å². The molecular formula is C27H20FN3O2. The second-order valence-corrected chi connectivity index (χ2v) is 7.80. The number of pyridine rings is 1. The molecule has 4 aromatic rings. The average molecular weight is 437 g/mol. The zero-order valence-corrected chi connectivity index (χ0v) is 18.1. The van der Waals surface area contributed by atoms with E-state index in [1.54, 1.807) is 36.7 Å². The molecule has 6 heteroatoms. The molecule has 3 aromatic heterocycles. The Bertz CT molecular complexity index is 1420. The van der Waals surface area contributed by atoms with Gasteiger partial charge in [-0.25, -0.2) is 4.39 Å². The number of carbonyl (C=O) groups is 1. The number of ketones is 1. The lowest BCUT2D eigenvalue weighted by molar-refractivity contribution is 0.103. The molecule has 0 spiro atoms. The Labute approximate surface area is 190 Å². The summed E-state index contributed by atoms with van der Waals surface area (Å²) >= 11 is 0. The van der Waals surface area contributed by atoms with E-state index < -0.39 is 0 Å². The topological polar surface area (TPSA) is 71.8 Å². The number of nitrogens with zero attached hydrogens (tertiary/aromatic N) is 2. The second-order valence-electron chi connectivity index (χ2n) is 7.80. The zero-order valence-electron chi connectivity index (χ0n) is 18.1. The van der Waals surface area contributed by atoms with Crippen molar-refractivity contribution in [2.75, 3.05) is 0 Å². The first-order valence-corrected chi connectivity index (χ1v) is 10.5. The molecule has 0 bridgehead atoms. The van der Waals surface area contributed by atoms with Gasteiger partial charge in [-0.15, -0.1) is 0 Å². The molecule has 0 saturated carbocycles. The quantitative estimate of drug-likeness (QED) is 0.387. The fourth-order valence-corrected chi connectivity index (χ4v) is 4.09. The number of nitrogens with one attached hydrogen (secondary N) is 1. The van der Waals surface area contributed by atoms with Crippen molar-refractivity contribution in [2.45, 2.75) is 13.8 Å². The predicted molar refractivity (Wildman–Crippen MR) is 126 cm³/mol. The summed E-state index contributed by atoms with van der Waals surface area (Å²) in [6.45, 7) is 3.75. The first kappa shape index (κ1) is 20.6. The van der Waals surface area contributed by atoms with E-state index in [4.69, 9.17) is 4.52 Å². The minimum atomic E-state index is -0.339. The molecule has 0 atom stereocenters. The van der Waals surface area contributed by atoms with E-state index >= 15 is 0 Å². The number of carbonyl (C=O) groups excluding carboxylic acids is 1. The summed E-state index contributed by atoms with van der Waals surface area (Å²) in [6.07, 6.45) is 12.9. The van der Waals surface area contributed by atoms with Crippen LogP contribution in [-0.2, 0) is 0 Å². The number of allylic oxidation sites excluding steroid dienone is 4. The number of hydrogen-bond donors (Lipinski definition) is 1. The summed E-state index contributed by atoms with van der Waals surface area (Å²) in [4.78, 5) is 21.2. The highest BCUT2D eigenvalue weighted by Crippen LogP contribution is 2.36. The van der Waals surface area contributed by atoms with Crippen molar-refractivity contribution in [3.63, 3.8) is 0 Å². The molecule has 162 valence electrons. The molecule has 1 aromatic carbocycles. The zero-order chi connectivity index (χ0) is 22.9. The fraction of sp³-hybridized carbons (Fsp3) is 0.0741. The Morgan fingerprint density at radius 2 is 1.85 bits per heavy atom. The van der Waals surface area contributed by atoms with E-state index in [1.807, 2.05) is 44.2 Å². The molecule has 0 amide bonds. The fourth-order valence-electron chi connectivity index (χ4n) is 4.09. The van der Waals surface area contributed by atoms with Crippen molar-refractivity contribution < 1.29 is 13.7 Å². The molecule has 0 saturated heterocycles. The Hall–Kier alpha value is -4.32. The third-order valence-corrected chi connectivity index (χ3v) is 5.62. The molecule has 0 radical (unpaired) electrons. The van der Waals surface area contributed by atoms with E-state index in [0.29, 0.717) is 28.1 Å². The van der Waals surface area contributed by atoms with E-state index in [1.165, 1.54) is 12.1 Å². The van der Waals surface area contributed by atoms with Crippen LogP contribution in [0.3, 0.4) is 0 Å². The van der Waals surface area contributed by atoms with Crippen LogP contribution in [0, 0.1) is 19.7 Å². The van der Waals surface area contributed by atoms with Gasteiger partial charge in [0.15, 0.2) is 5.78 Å². The number of rotatable bonds is 4. The van der Waals surface area contributed by atoms with Gasteiger partial charge in [0.05, 0.1) is 17.0 Å². The first-order valence-electron chi connectivity index (χ1n) is 10.5. The van der Waals surface area contributed by atoms with Gasteiger partial charge in [-0.3, -0.25) is 9.78 Å². The molecule has 33 heavy (non-hydrogen) atoms. The number of H-pyrrole nitrogens is 1. The van der Waals surface area contributed by atoms with E-state index in [0.717, 1.165) is 28.1 Å². The van der Waals surface area contributed by atoms with Gasteiger partial charge < -0.3 is 9.51 Å². The Kier molecular flexibility index (Phi) is 5.18. The molecule has 3 heterocycles. The normalized spacial score (nSPS) is 12.8. The number of aromatic amines is 1. The lowest BCUT2D eigenvalue weighted by Gasteiger charge is -2.08. The number of benzene rings is 1. The number of hydrogen-bond acceptors (Lipinski definition) is 4. The highest BCUT2D eigenvalue weighted by atomic mass is 19.1. The van der Waals surface area contributed by atoms with Crippen LogP contribution < -0.4 is 0 Å². The summed E-state index contributed by atoms with van der Waals surface area (Å²) in [5.41, 5.74) is 6.33. The van der Waals surface area contributed by atoms with Crippen LogP contribution in [0.15, 0.2) is 71.5 Å². The van der Waals surface area contributed by atoms with Gasteiger partial charge in [0.1, 0.15) is 11.6 Å². The molecule has 0 unspecified atom stereocenters. The summed E-state index contributed by atoms with van der Waals surface area (Å²) in [5.74, 6) is 0.185. The Morgan fingerprint density at radius 3 is 2.55 bits per heavy atom. The minimum Gasteiger partial charge on any atom is -0.361 e. The number of fused-ring (bicyclic) bond motifs is 1. The molecule has 0 fully saturated rings. The molecule has 1 N–H and O–H groups in total. The highest BCUT2D eigenvalue weighted by molar-refractivity contribution is 6.16. The molecule has 1 aliphatic rings. The SMILES string of the molecule is Cc1noc(C)c1C1=Cc2c([nH]c(-c3ccc(F)cc3)c2C(=O)c2cccnc2)C=CC=C1. The number of aryl methyl sites for hydroxylation is 2. The standard InChI is InChI=1S/C27H20FN3O2/c1-16-24(17(2)33-31-16)19-6-3-4-8-23-22(14-19)25(27(32)20-7-5-13-29-15-20)26(30-23)18-9-11-21(28)12-10-18/h3-15,30H,1-2H3. The lowest BCUT2D eigenvalue weighted by Crippen LogP contribution is -2.05. The molecule has 1 aliphatic carbocycles. The number of halogens is 1. The third kappa shape index (κ3) is 3.76. The lowest BCUT2D eigenvalue weighted by atomic mass is 9.93. The van der Waals surface area contributed by atoms with Crippen molar-refractivity contribution in [1.29, 1.82) is 0 Å². The molecule has 5 nitrogen and oxygen atoms in total. The highest BCUT2D eigenvalue weighted by Gasteiger charge is 2.25. The maximum absolute atomic E-state index is 13.7. The van der Waals surface area contributed by atoms with Crippen LogP contribution in [0.25, 0.3) is 29.0 Å². The van der Waals surface area contributed by atoms with Crippen LogP contribution in [-0.4, -0.2) is 20.9 Å². The van der Waals surface area contributed by atoms with Gasteiger partial charge in [0.2, 0.25) is 0 Å². The minimum absolute atomic E-state index is 0.174. The van der Waals surface area contributed by atoms with Crippen LogP contribution in [0.2, 0.25) is 0 Å². The summed E-state index contributed by atoms with van der Waals surface area (Å²) in [6, 6.07) is 9.56. The van der Waals surface area contributed by atoms with Crippen molar-refractivity contribution in [2.24, 2.45) is 0 Å². The van der Waals surface area contributed by atoms with Gasteiger partial charge in [0, 0.05) is 34.8 Å². The maximum atomic E-state index is 13.7. The van der Waals surface area contributed by atoms with Gasteiger partial charge in [-0.1, -0.05) is 23.4 Å². The van der Waals surface area contributed by atoms with Gasteiger partial charge in [-0.2, -0.15) is 0 Å². The van der Waals surface area contributed by atoms with Crippen molar-refractivity contribution in [3.8, 4) is 11.3 Å². The van der Waals surface area contributed by atoms with E-state index in [2.05, 4.69) is 15.1 Å². The van der Waals surface area contributed by atoms with Crippen LogP contribution in [0.1, 0.15) is 44.2 Å². The summed E-state index contributed by atoms with van der Waals surface area (Å²) in [5, 5.41) is 4.08.